The predicted octanol–water partition coefficient (Wildman–Crippen LogP) is -0.444. The molecule has 0 aliphatic carbocycles. The summed E-state index contributed by atoms with van der Waals surface area (Å²) in [4.78, 5) is 38.6. The number of amides is 1. The molecule has 0 fully saturated rings. The fourth-order valence-electron chi connectivity index (χ4n) is 1.94. The number of nitrogens with zero attached hydrogens (tertiary/aromatic N) is 3. The Morgan fingerprint density at radius 3 is 2.86 bits per heavy atom. The summed E-state index contributed by atoms with van der Waals surface area (Å²) in [6.07, 6.45) is 2.50. The van der Waals surface area contributed by atoms with Crippen molar-refractivity contribution in [1.29, 1.82) is 0 Å². The Labute approximate surface area is 119 Å². The summed E-state index contributed by atoms with van der Waals surface area (Å²) in [5.74, 6) is 0.0501. The van der Waals surface area contributed by atoms with Crippen LogP contribution in [0.2, 0.25) is 0 Å². The largest absolute Gasteiger partial charge is 0.341 e. The molecule has 2 rings (SSSR count). The van der Waals surface area contributed by atoms with E-state index in [1.807, 2.05) is 16.5 Å². The highest BCUT2D eigenvalue weighted by Gasteiger charge is 2.17. The van der Waals surface area contributed by atoms with Crippen molar-refractivity contribution in [1.82, 2.24) is 30.0 Å². The van der Waals surface area contributed by atoms with Crippen molar-refractivity contribution in [2.75, 3.05) is 0 Å². The lowest BCUT2D eigenvalue weighted by molar-refractivity contribution is 0.0932. The van der Waals surface area contributed by atoms with Crippen LogP contribution in [0.3, 0.4) is 0 Å². The molecule has 0 saturated carbocycles. The van der Waals surface area contributed by atoms with E-state index in [9.17, 15) is 14.4 Å². The van der Waals surface area contributed by atoms with Gasteiger partial charge in [0.05, 0.1) is 6.04 Å². The minimum absolute atomic E-state index is 0.0999. The van der Waals surface area contributed by atoms with E-state index in [4.69, 9.17) is 0 Å². The van der Waals surface area contributed by atoms with Gasteiger partial charge >= 0.3 is 5.69 Å². The predicted molar refractivity (Wildman–Crippen MR) is 73.9 cm³/mol. The number of aromatic amines is 2. The number of hydrogen-bond donors (Lipinski definition) is 3. The van der Waals surface area contributed by atoms with Crippen molar-refractivity contribution in [3.05, 3.63) is 44.8 Å². The summed E-state index contributed by atoms with van der Waals surface area (Å²) < 4.78 is 1.84. The van der Waals surface area contributed by atoms with Crippen LogP contribution in [-0.4, -0.2) is 30.6 Å². The molecule has 2 aromatic rings. The maximum absolute atomic E-state index is 12.0. The van der Waals surface area contributed by atoms with Gasteiger partial charge in [0.25, 0.3) is 11.5 Å². The zero-order chi connectivity index (χ0) is 15.4. The zero-order valence-corrected chi connectivity index (χ0v) is 11.7. The molecule has 0 spiro atoms. The number of aryl methyl sites for hydroxylation is 1. The molecule has 0 unspecified atom stereocenters. The van der Waals surface area contributed by atoms with Crippen molar-refractivity contribution in [2.45, 2.75) is 32.9 Å². The van der Waals surface area contributed by atoms with Crippen LogP contribution >= 0.6 is 0 Å². The second kappa shape index (κ2) is 6.16. The van der Waals surface area contributed by atoms with E-state index in [1.54, 1.807) is 13.3 Å². The van der Waals surface area contributed by atoms with Crippen LogP contribution in [0.25, 0.3) is 0 Å². The average molecular weight is 292 g/mol. The van der Waals surface area contributed by atoms with E-state index >= 15 is 0 Å². The number of hydrogen-bond acceptors (Lipinski definition) is 5. The molecule has 112 valence electrons. The first-order valence-corrected chi connectivity index (χ1v) is 6.53. The van der Waals surface area contributed by atoms with Crippen LogP contribution in [0.15, 0.2) is 22.0 Å². The minimum atomic E-state index is -0.727. The molecular weight excluding hydrogens is 276 g/mol. The van der Waals surface area contributed by atoms with Gasteiger partial charge in [-0.15, -0.1) is 10.2 Å². The molecule has 1 amide bonds. The monoisotopic (exact) mass is 292 g/mol. The first-order chi connectivity index (χ1) is 10.0. The molecule has 1 atom stereocenters. The lowest BCUT2D eigenvalue weighted by atomic mass is 10.2. The van der Waals surface area contributed by atoms with Crippen LogP contribution in [-0.2, 0) is 6.54 Å². The number of carbonyl (C=O) groups is 1. The average Bonchev–Trinajstić information content (AvgIpc) is 2.86. The lowest BCUT2D eigenvalue weighted by Crippen LogP contribution is -2.33. The highest BCUT2D eigenvalue weighted by Crippen LogP contribution is 2.09. The maximum Gasteiger partial charge on any atom is 0.326 e. The molecule has 0 aliphatic rings. The van der Waals surface area contributed by atoms with Crippen molar-refractivity contribution in [3.63, 3.8) is 0 Å². The minimum Gasteiger partial charge on any atom is -0.341 e. The fraction of sp³-hybridized carbons (Fsp3) is 0.417. The molecule has 2 aromatic heterocycles. The summed E-state index contributed by atoms with van der Waals surface area (Å²) >= 11 is 0. The Morgan fingerprint density at radius 2 is 2.19 bits per heavy atom. The molecule has 9 nitrogen and oxygen atoms in total. The van der Waals surface area contributed by atoms with Gasteiger partial charge in [-0.1, -0.05) is 6.92 Å². The van der Waals surface area contributed by atoms with Gasteiger partial charge in [0.2, 0.25) is 0 Å². The Kier molecular flexibility index (Phi) is 4.31. The van der Waals surface area contributed by atoms with E-state index < -0.39 is 23.2 Å². The summed E-state index contributed by atoms with van der Waals surface area (Å²) in [5.41, 5.74) is -1.46. The molecule has 0 aliphatic heterocycles. The van der Waals surface area contributed by atoms with E-state index in [-0.39, 0.29) is 5.69 Å². The van der Waals surface area contributed by atoms with Crippen LogP contribution in [0.4, 0.5) is 0 Å². The Hall–Kier alpha value is -2.71. The van der Waals surface area contributed by atoms with Gasteiger partial charge in [-0.3, -0.25) is 14.6 Å². The topological polar surface area (TPSA) is 126 Å². The molecule has 2 heterocycles. The van der Waals surface area contributed by atoms with Gasteiger partial charge in [0.1, 0.15) is 12.0 Å². The lowest BCUT2D eigenvalue weighted by Gasteiger charge is -2.14. The van der Waals surface area contributed by atoms with Gasteiger partial charge in [-0.05, 0) is 13.3 Å². The number of carbonyl (C=O) groups excluding carboxylic acids is 1. The summed E-state index contributed by atoms with van der Waals surface area (Å²) in [7, 11) is 0. The summed E-state index contributed by atoms with van der Waals surface area (Å²) in [6.45, 7) is 4.51. The van der Waals surface area contributed by atoms with Crippen LogP contribution in [0.5, 0.6) is 0 Å². The summed E-state index contributed by atoms with van der Waals surface area (Å²) in [6, 6.07) is 0.620. The number of rotatable bonds is 5. The van der Waals surface area contributed by atoms with E-state index in [0.29, 0.717) is 5.82 Å². The van der Waals surface area contributed by atoms with Crippen molar-refractivity contribution >= 4 is 5.91 Å². The highest BCUT2D eigenvalue weighted by atomic mass is 16.2. The molecule has 0 aromatic carbocycles. The van der Waals surface area contributed by atoms with Gasteiger partial charge in [-0.25, -0.2) is 4.79 Å². The van der Waals surface area contributed by atoms with Crippen LogP contribution in [0.1, 0.15) is 42.6 Å². The SMILES string of the molecule is CCCn1cnnc1[C@H](C)NC(=O)c1cc(=O)[nH]c(=O)[nH]1. The van der Waals surface area contributed by atoms with Crippen molar-refractivity contribution < 1.29 is 4.79 Å². The standard InChI is InChI=1S/C12H16N6O3/c1-3-4-18-6-13-17-10(18)7(2)14-11(20)8-5-9(19)16-12(21)15-8/h5-7H,3-4H2,1-2H3,(H,14,20)(H2,15,16,19,21)/t7-/m0/s1. The number of H-pyrrole nitrogens is 2. The van der Waals surface area contributed by atoms with Crippen molar-refractivity contribution in [2.24, 2.45) is 0 Å². The van der Waals surface area contributed by atoms with Crippen LogP contribution < -0.4 is 16.6 Å². The summed E-state index contributed by atoms with van der Waals surface area (Å²) in [5, 5.41) is 10.5. The number of aromatic nitrogens is 5. The van der Waals surface area contributed by atoms with Gasteiger partial charge in [-0.2, -0.15) is 0 Å². The zero-order valence-electron chi connectivity index (χ0n) is 11.7. The second-order valence-corrected chi connectivity index (χ2v) is 4.58. The molecule has 0 radical (unpaired) electrons. The third-order valence-electron chi connectivity index (χ3n) is 2.85. The Bertz CT molecular complexity index is 715. The Balaban J connectivity index is 2.16. The molecule has 0 bridgehead atoms. The van der Waals surface area contributed by atoms with Crippen LogP contribution in [0, 0.1) is 0 Å². The normalized spacial score (nSPS) is 12.1. The van der Waals surface area contributed by atoms with E-state index in [0.717, 1.165) is 19.0 Å². The second-order valence-electron chi connectivity index (χ2n) is 4.58. The van der Waals surface area contributed by atoms with E-state index in [1.165, 1.54) is 0 Å². The Morgan fingerprint density at radius 1 is 1.43 bits per heavy atom. The quantitative estimate of drug-likeness (QED) is 0.688. The maximum atomic E-state index is 12.0. The third kappa shape index (κ3) is 3.44. The van der Waals surface area contributed by atoms with E-state index in [2.05, 4.69) is 20.5 Å². The van der Waals surface area contributed by atoms with Crippen molar-refractivity contribution in [3.8, 4) is 0 Å². The molecule has 9 heteroatoms. The van der Waals surface area contributed by atoms with Gasteiger partial charge in [0.15, 0.2) is 5.82 Å². The van der Waals surface area contributed by atoms with Gasteiger partial charge < -0.3 is 14.9 Å². The third-order valence-corrected chi connectivity index (χ3v) is 2.85. The smallest absolute Gasteiger partial charge is 0.326 e. The van der Waals surface area contributed by atoms with Gasteiger partial charge in [0, 0.05) is 12.6 Å². The molecule has 0 saturated heterocycles. The highest BCUT2D eigenvalue weighted by molar-refractivity contribution is 5.92. The number of nitrogens with one attached hydrogen (secondary N) is 3. The molecule has 3 N–H and O–H groups in total. The molecule has 21 heavy (non-hydrogen) atoms. The molecular formula is C12H16N6O3. The first kappa shape index (κ1) is 14.7. The fourth-order valence-corrected chi connectivity index (χ4v) is 1.94. The first-order valence-electron chi connectivity index (χ1n) is 6.53.